The molecule has 0 aliphatic carbocycles. The second kappa shape index (κ2) is 6.89. The Morgan fingerprint density at radius 3 is 2.05 bits per heavy atom. The maximum absolute atomic E-state index is 12.3. The molecule has 4 nitrogen and oxygen atoms in total. The Bertz CT molecular complexity index is 670. The largest absolute Gasteiger partial charge is 0.326 e. The Labute approximate surface area is 130 Å². The smallest absolute Gasteiger partial charge is 0.255 e. The van der Waals surface area contributed by atoms with Crippen LogP contribution in [0.25, 0.3) is 0 Å². The number of hydrogen-bond donors (Lipinski definition) is 2. The van der Waals surface area contributed by atoms with E-state index in [-0.39, 0.29) is 11.8 Å². The van der Waals surface area contributed by atoms with Gasteiger partial charge in [0.1, 0.15) is 0 Å². The summed E-state index contributed by atoms with van der Waals surface area (Å²) in [4.78, 5) is 23.6. The van der Waals surface area contributed by atoms with Crippen molar-refractivity contribution in [3.63, 3.8) is 0 Å². The summed E-state index contributed by atoms with van der Waals surface area (Å²) in [5.41, 5.74) is 4.14. The van der Waals surface area contributed by atoms with E-state index in [1.807, 2.05) is 32.0 Å². The van der Waals surface area contributed by atoms with Crippen LogP contribution in [-0.2, 0) is 4.79 Å². The van der Waals surface area contributed by atoms with Gasteiger partial charge in [0, 0.05) is 23.4 Å². The van der Waals surface area contributed by atoms with E-state index in [4.69, 9.17) is 0 Å². The number of rotatable bonds is 4. The Kier molecular flexibility index (Phi) is 4.94. The van der Waals surface area contributed by atoms with Crippen LogP contribution < -0.4 is 10.6 Å². The molecule has 2 rings (SSSR count). The van der Waals surface area contributed by atoms with Crippen LogP contribution in [0.5, 0.6) is 0 Å². The minimum absolute atomic E-state index is 0.0484. The van der Waals surface area contributed by atoms with Gasteiger partial charge in [-0.25, -0.2) is 0 Å². The molecule has 2 N–H and O–H groups in total. The first-order valence-electron chi connectivity index (χ1n) is 7.28. The monoisotopic (exact) mass is 296 g/mol. The van der Waals surface area contributed by atoms with Gasteiger partial charge in [0.25, 0.3) is 5.91 Å². The summed E-state index contributed by atoms with van der Waals surface area (Å²) >= 11 is 0. The number of carbonyl (C=O) groups is 2. The minimum atomic E-state index is -0.161. The van der Waals surface area contributed by atoms with E-state index in [1.54, 1.807) is 31.2 Å². The third kappa shape index (κ3) is 3.73. The van der Waals surface area contributed by atoms with E-state index in [2.05, 4.69) is 10.6 Å². The summed E-state index contributed by atoms with van der Waals surface area (Å²) in [6.45, 7) is 5.72. The third-order valence-corrected chi connectivity index (χ3v) is 3.47. The Balaban J connectivity index is 2.12. The van der Waals surface area contributed by atoms with Crippen molar-refractivity contribution in [1.82, 2.24) is 0 Å². The molecule has 0 heterocycles. The predicted octanol–water partition coefficient (Wildman–Crippen LogP) is 3.90. The van der Waals surface area contributed by atoms with Gasteiger partial charge in [-0.05, 0) is 49.2 Å². The molecule has 0 radical (unpaired) electrons. The van der Waals surface area contributed by atoms with Crippen molar-refractivity contribution in [3.8, 4) is 0 Å². The van der Waals surface area contributed by atoms with E-state index >= 15 is 0 Å². The normalized spacial score (nSPS) is 10.1. The Morgan fingerprint density at radius 1 is 0.909 bits per heavy atom. The molecule has 4 heteroatoms. The van der Waals surface area contributed by atoms with E-state index in [9.17, 15) is 9.59 Å². The molecule has 0 spiro atoms. The van der Waals surface area contributed by atoms with E-state index in [1.165, 1.54) is 0 Å². The molecular formula is C18H20N2O2. The Morgan fingerprint density at radius 2 is 1.50 bits per heavy atom. The lowest BCUT2D eigenvalue weighted by Crippen LogP contribution is -2.14. The van der Waals surface area contributed by atoms with Gasteiger partial charge in [-0.2, -0.15) is 0 Å². The molecule has 0 aliphatic heterocycles. The van der Waals surface area contributed by atoms with E-state index in [0.29, 0.717) is 17.7 Å². The van der Waals surface area contributed by atoms with E-state index < -0.39 is 0 Å². The van der Waals surface area contributed by atoms with Gasteiger partial charge in [-0.1, -0.05) is 25.1 Å². The first-order chi connectivity index (χ1) is 10.5. The quantitative estimate of drug-likeness (QED) is 0.899. The second-order valence-electron chi connectivity index (χ2n) is 5.20. The van der Waals surface area contributed by atoms with Crippen LogP contribution in [0, 0.1) is 13.8 Å². The fourth-order valence-corrected chi connectivity index (χ4v) is 2.15. The predicted molar refractivity (Wildman–Crippen MR) is 89.2 cm³/mol. The molecule has 114 valence electrons. The van der Waals surface area contributed by atoms with Crippen LogP contribution in [0.15, 0.2) is 42.5 Å². The average Bonchev–Trinajstić information content (AvgIpc) is 2.51. The van der Waals surface area contributed by atoms with E-state index in [0.717, 1.165) is 16.8 Å². The zero-order chi connectivity index (χ0) is 16.1. The van der Waals surface area contributed by atoms with Crippen molar-refractivity contribution in [2.24, 2.45) is 0 Å². The number of hydrogen-bond acceptors (Lipinski definition) is 2. The highest BCUT2D eigenvalue weighted by Gasteiger charge is 2.09. The molecule has 0 aromatic heterocycles. The summed E-state index contributed by atoms with van der Waals surface area (Å²) in [7, 11) is 0. The third-order valence-electron chi connectivity index (χ3n) is 3.47. The second-order valence-corrected chi connectivity index (χ2v) is 5.20. The first kappa shape index (κ1) is 15.8. The maximum atomic E-state index is 12.3. The molecule has 0 fully saturated rings. The molecule has 2 aromatic rings. The van der Waals surface area contributed by atoms with Crippen LogP contribution >= 0.6 is 0 Å². The molecule has 0 unspecified atom stereocenters. The SMILES string of the molecule is CCC(=O)Nc1ccc(C(=O)Nc2c(C)cccc2C)cc1. The number of aryl methyl sites for hydroxylation is 2. The average molecular weight is 296 g/mol. The summed E-state index contributed by atoms with van der Waals surface area (Å²) < 4.78 is 0. The van der Waals surface area contributed by atoms with Crippen LogP contribution in [-0.4, -0.2) is 11.8 Å². The van der Waals surface area contributed by atoms with Gasteiger partial charge in [-0.15, -0.1) is 0 Å². The maximum Gasteiger partial charge on any atom is 0.255 e. The van der Waals surface area contributed by atoms with Crippen molar-refractivity contribution in [2.45, 2.75) is 27.2 Å². The fourth-order valence-electron chi connectivity index (χ4n) is 2.15. The highest BCUT2D eigenvalue weighted by atomic mass is 16.2. The standard InChI is InChI=1S/C18H20N2O2/c1-4-16(21)19-15-10-8-14(9-11-15)18(22)20-17-12(2)6-5-7-13(17)3/h5-11H,4H2,1-3H3,(H,19,21)(H,20,22). The molecule has 0 atom stereocenters. The highest BCUT2D eigenvalue weighted by molar-refractivity contribution is 6.05. The molecule has 0 bridgehead atoms. The van der Waals surface area contributed by atoms with Gasteiger partial charge in [0.15, 0.2) is 0 Å². The fraction of sp³-hybridized carbons (Fsp3) is 0.222. The van der Waals surface area contributed by atoms with Gasteiger partial charge in [-0.3, -0.25) is 9.59 Å². The molecule has 2 amide bonds. The summed E-state index contributed by atoms with van der Waals surface area (Å²) in [6, 6.07) is 12.8. The summed E-state index contributed by atoms with van der Waals surface area (Å²) in [5.74, 6) is -0.210. The number of para-hydroxylation sites is 1. The molecule has 2 aromatic carbocycles. The van der Waals surface area contributed by atoms with Crippen molar-refractivity contribution in [3.05, 3.63) is 59.2 Å². The van der Waals surface area contributed by atoms with Gasteiger partial charge in [0.05, 0.1) is 0 Å². The molecule has 0 aliphatic rings. The zero-order valence-electron chi connectivity index (χ0n) is 13.1. The van der Waals surface area contributed by atoms with Crippen LogP contribution in [0.3, 0.4) is 0 Å². The number of amides is 2. The first-order valence-corrected chi connectivity index (χ1v) is 7.28. The summed E-state index contributed by atoms with van der Waals surface area (Å²) in [5, 5.41) is 5.69. The summed E-state index contributed by atoms with van der Waals surface area (Å²) in [6.07, 6.45) is 0.425. The molecule has 22 heavy (non-hydrogen) atoms. The van der Waals surface area contributed by atoms with Gasteiger partial charge in [0.2, 0.25) is 5.91 Å². The van der Waals surface area contributed by atoms with Crippen LogP contribution in [0.4, 0.5) is 11.4 Å². The number of nitrogens with one attached hydrogen (secondary N) is 2. The van der Waals surface area contributed by atoms with Crippen molar-refractivity contribution in [2.75, 3.05) is 10.6 Å². The topological polar surface area (TPSA) is 58.2 Å². The van der Waals surface area contributed by atoms with Crippen molar-refractivity contribution < 1.29 is 9.59 Å². The Hall–Kier alpha value is -2.62. The minimum Gasteiger partial charge on any atom is -0.326 e. The lowest BCUT2D eigenvalue weighted by molar-refractivity contribution is -0.115. The van der Waals surface area contributed by atoms with Gasteiger partial charge < -0.3 is 10.6 Å². The number of anilines is 2. The molecule has 0 saturated carbocycles. The van der Waals surface area contributed by atoms with Crippen LogP contribution in [0.1, 0.15) is 34.8 Å². The highest BCUT2D eigenvalue weighted by Crippen LogP contribution is 2.20. The molecular weight excluding hydrogens is 276 g/mol. The number of carbonyl (C=O) groups excluding carboxylic acids is 2. The lowest BCUT2D eigenvalue weighted by Gasteiger charge is -2.12. The molecule has 0 saturated heterocycles. The van der Waals surface area contributed by atoms with Crippen molar-refractivity contribution in [1.29, 1.82) is 0 Å². The van der Waals surface area contributed by atoms with Crippen LogP contribution in [0.2, 0.25) is 0 Å². The number of benzene rings is 2. The zero-order valence-corrected chi connectivity index (χ0v) is 13.1. The van der Waals surface area contributed by atoms with Gasteiger partial charge >= 0.3 is 0 Å². The lowest BCUT2D eigenvalue weighted by atomic mass is 10.1. The van der Waals surface area contributed by atoms with Crippen molar-refractivity contribution >= 4 is 23.2 Å².